The Hall–Kier alpha value is -2.12. The monoisotopic (exact) mass is 466 g/mol. The summed E-state index contributed by atoms with van der Waals surface area (Å²) >= 11 is 1.67. The lowest BCUT2D eigenvalue weighted by molar-refractivity contribution is -0.156. The summed E-state index contributed by atoms with van der Waals surface area (Å²) < 4.78 is 5.42. The molecule has 6 nitrogen and oxygen atoms in total. The van der Waals surface area contributed by atoms with Gasteiger partial charge in [-0.15, -0.1) is 0 Å². The molecule has 3 heterocycles. The number of rotatable bonds is 5. The summed E-state index contributed by atoms with van der Waals surface area (Å²) in [5, 5.41) is 4.38. The maximum absolute atomic E-state index is 12.6. The SMILES string of the molecule is CCOC(=O)C(C)C1C2CN(Cc3ccc4c(c3)Nc3nccnc3S4)CC1[C@H](C)C[C@H]2C. The van der Waals surface area contributed by atoms with Gasteiger partial charge < -0.3 is 10.1 Å². The Kier molecular flexibility index (Phi) is 6.36. The number of aromatic nitrogens is 2. The third-order valence-electron chi connectivity index (χ3n) is 7.94. The van der Waals surface area contributed by atoms with Crippen molar-refractivity contribution in [3.63, 3.8) is 0 Å². The molecule has 7 heteroatoms. The van der Waals surface area contributed by atoms with E-state index in [4.69, 9.17) is 4.74 Å². The van der Waals surface area contributed by atoms with Crippen molar-refractivity contribution in [2.45, 2.75) is 50.6 Å². The molecule has 1 N–H and O–H groups in total. The third-order valence-corrected chi connectivity index (χ3v) is 9.01. The smallest absolute Gasteiger partial charge is 0.308 e. The molecular weight excluding hydrogens is 432 g/mol. The minimum Gasteiger partial charge on any atom is -0.466 e. The molecule has 1 aromatic heterocycles. The largest absolute Gasteiger partial charge is 0.466 e. The first-order valence-electron chi connectivity index (χ1n) is 12.2. The average Bonchev–Trinajstić information content (AvgIpc) is 2.81. The normalized spacial score (nSPS) is 29.4. The van der Waals surface area contributed by atoms with Gasteiger partial charge in [-0.05, 0) is 60.6 Å². The number of fused-ring (bicyclic) bond motifs is 4. The Morgan fingerprint density at radius 1 is 1.21 bits per heavy atom. The molecule has 0 spiro atoms. The summed E-state index contributed by atoms with van der Waals surface area (Å²) in [6, 6.07) is 6.70. The predicted octanol–water partition coefficient (Wildman–Crippen LogP) is 5.22. The number of benzene rings is 1. The number of likely N-dealkylation sites (tertiary alicyclic amines) is 1. The lowest BCUT2D eigenvalue weighted by Gasteiger charge is -2.54. The van der Waals surface area contributed by atoms with E-state index in [1.54, 1.807) is 24.2 Å². The van der Waals surface area contributed by atoms with Crippen molar-refractivity contribution in [2.24, 2.45) is 35.5 Å². The summed E-state index contributed by atoms with van der Waals surface area (Å²) in [6.45, 7) is 12.2. The van der Waals surface area contributed by atoms with E-state index >= 15 is 0 Å². The molecule has 1 aliphatic carbocycles. The van der Waals surface area contributed by atoms with Crippen LogP contribution in [0.15, 0.2) is 40.5 Å². The maximum atomic E-state index is 12.6. The molecule has 176 valence electrons. The lowest BCUT2D eigenvalue weighted by atomic mass is 9.57. The van der Waals surface area contributed by atoms with Crippen LogP contribution in [0.2, 0.25) is 0 Å². The van der Waals surface area contributed by atoms with Crippen LogP contribution in [0.3, 0.4) is 0 Å². The number of esters is 1. The second kappa shape index (κ2) is 9.26. The first-order chi connectivity index (χ1) is 15.9. The fourth-order valence-electron chi connectivity index (χ4n) is 6.43. The van der Waals surface area contributed by atoms with Crippen LogP contribution >= 0.6 is 11.8 Å². The van der Waals surface area contributed by atoms with Gasteiger partial charge in [-0.2, -0.15) is 0 Å². The van der Waals surface area contributed by atoms with Crippen molar-refractivity contribution in [2.75, 3.05) is 25.0 Å². The number of hydrogen-bond donors (Lipinski definition) is 1. The predicted molar refractivity (Wildman–Crippen MR) is 130 cm³/mol. The molecule has 3 aliphatic rings. The van der Waals surface area contributed by atoms with Crippen LogP contribution in [0, 0.1) is 35.5 Å². The van der Waals surface area contributed by atoms with Gasteiger partial charge in [0, 0.05) is 36.9 Å². The lowest BCUT2D eigenvalue weighted by Crippen LogP contribution is -2.56. The zero-order chi connectivity index (χ0) is 23.1. The highest BCUT2D eigenvalue weighted by atomic mass is 32.2. The number of nitrogens with zero attached hydrogens (tertiary/aromatic N) is 3. The van der Waals surface area contributed by atoms with Crippen molar-refractivity contribution in [1.29, 1.82) is 0 Å². The number of nitrogens with one attached hydrogen (secondary N) is 1. The number of ether oxygens (including phenoxy) is 1. The van der Waals surface area contributed by atoms with Crippen molar-refractivity contribution in [3.8, 4) is 0 Å². The van der Waals surface area contributed by atoms with Gasteiger partial charge in [0.25, 0.3) is 0 Å². The molecule has 2 aliphatic heterocycles. The van der Waals surface area contributed by atoms with Gasteiger partial charge in [0.15, 0.2) is 5.82 Å². The van der Waals surface area contributed by atoms with Crippen LogP contribution in [-0.4, -0.2) is 40.5 Å². The van der Waals surface area contributed by atoms with Gasteiger partial charge in [-0.1, -0.05) is 38.6 Å². The van der Waals surface area contributed by atoms with Gasteiger partial charge in [0.1, 0.15) is 5.03 Å². The number of carbonyl (C=O) groups excluding carboxylic acids is 1. The molecule has 5 atom stereocenters. The molecule has 1 saturated heterocycles. The quantitative estimate of drug-likeness (QED) is 0.517. The van der Waals surface area contributed by atoms with Gasteiger partial charge in [0.05, 0.1) is 18.2 Å². The zero-order valence-corrected chi connectivity index (χ0v) is 20.8. The van der Waals surface area contributed by atoms with Crippen LogP contribution in [0.25, 0.3) is 0 Å². The molecule has 0 radical (unpaired) electrons. The Labute approximate surface area is 200 Å². The molecule has 33 heavy (non-hydrogen) atoms. The second-order valence-electron chi connectivity index (χ2n) is 10.1. The Bertz CT molecular complexity index is 1010. The highest BCUT2D eigenvalue weighted by molar-refractivity contribution is 7.99. The summed E-state index contributed by atoms with van der Waals surface area (Å²) in [5.41, 5.74) is 2.42. The van der Waals surface area contributed by atoms with Crippen LogP contribution in [-0.2, 0) is 16.1 Å². The van der Waals surface area contributed by atoms with E-state index in [-0.39, 0.29) is 11.9 Å². The van der Waals surface area contributed by atoms with Crippen molar-refractivity contribution in [1.82, 2.24) is 14.9 Å². The van der Waals surface area contributed by atoms with Gasteiger partial charge in [-0.25, -0.2) is 9.97 Å². The number of carbonyl (C=O) groups is 1. The maximum Gasteiger partial charge on any atom is 0.308 e. The van der Waals surface area contributed by atoms with Crippen LogP contribution in [0.4, 0.5) is 11.5 Å². The Morgan fingerprint density at radius 2 is 1.94 bits per heavy atom. The zero-order valence-electron chi connectivity index (χ0n) is 20.0. The topological polar surface area (TPSA) is 67.3 Å². The summed E-state index contributed by atoms with van der Waals surface area (Å²) in [6.07, 6.45) is 4.72. The molecular formula is C26H34N4O2S. The minimum atomic E-state index is -0.0292. The number of anilines is 2. The van der Waals surface area contributed by atoms with E-state index < -0.39 is 0 Å². The average molecular weight is 467 g/mol. The standard InChI is InChI=1S/C26H34N4O2S/c1-5-32-26(31)17(4)23-19-13-30(14-20(23)16(3)10-15(19)2)12-18-6-7-22-21(11-18)29-24-25(33-22)28-9-8-27-24/h6-9,11,15-17,19-20,23H,5,10,12-14H2,1-4H3,(H,27,29)/t15-,16-,17?,19?,20?,23?/m1/s1. The minimum absolute atomic E-state index is 0.0195. The molecule has 1 saturated carbocycles. The molecule has 0 amide bonds. The second-order valence-corrected chi connectivity index (χ2v) is 11.1. The number of hydrogen-bond acceptors (Lipinski definition) is 7. The van der Waals surface area contributed by atoms with Gasteiger partial charge in [-0.3, -0.25) is 9.69 Å². The first kappa shape index (κ1) is 22.7. The van der Waals surface area contributed by atoms with Crippen molar-refractivity contribution >= 4 is 29.2 Å². The number of piperidine rings is 1. The molecule has 2 aromatic rings. The Morgan fingerprint density at radius 3 is 2.67 bits per heavy atom. The molecule has 5 rings (SSSR count). The first-order valence-corrected chi connectivity index (χ1v) is 13.0. The highest BCUT2D eigenvalue weighted by Gasteiger charge is 2.49. The van der Waals surface area contributed by atoms with Gasteiger partial charge in [0.2, 0.25) is 0 Å². The molecule has 2 fully saturated rings. The summed E-state index contributed by atoms with van der Waals surface area (Å²) in [4.78, 5) is 25.3. The van der Waals surface area contributed by atoms with Gasteiger partial charge >= 0.3 is 5.97 Å². The molecule has 2 bridgehead atoms. The Balaban J connectivity index is 1.33. The van der Waals surface area contributed by atoms with E-state index in [2.05, 4.69) is 59.2 Å². The molecule has 1 aromatic carbocycles. The van der Waals surface area contributed by atoms with E-state index in [0.717, 1.165) is 36.2 Å². The van der Waals surface area contributed by atoms with Crippen molar-refractivity contribution in [3.05, 3.63) is 36.2 Å². The van der Waals surface area contributed by atoms with Crippen LogP contribution < -0.4 is 5.32 Å². The van der Waals surface area contributed by atoms with E-state index in [1.165, 1.54) is 16.9 Å². The third kappa shape index (κ3) is 4.37. The molecule has 3 unspecified atom stereocenters. The fraction of sp³-hybridized carbons (Fsp3) is 0.577. The fourth-order valence-corrected chi connectivity index (χ4v) is 7.30. The van der Waals surface area contributed by atoms with Crippen molar-refractivity contribution < 1.29 is 9.53 Å². The van der Waals surface area contributed by atoms with E-state index in [0.29, 0.717) is 36.2 Å². The van der Waals surface area contributed by atoms with Crippen LogP contribution in [0.1, 0.15) is 39.7 Å². The summed E-state index contributed by atoms with van der Waals surface area (Å²) in [7, 11) is 0. The van der Waals surface area contributed by atoms with E-state index in [1.807, 2.05) is 6.92 Å². The summed E-state index contributed by atoms with van der Waals surface area (Å²) in [5.74, 6) is 3.51. The van der Waals surface area contributed by atoms with Crippen LogP contribution in [0.5, 0.6) is 0 Å². The van der Waals surface area contributed by atoms with E-state index in [9.17, 15) is 4.79 Å². The highest BCUT2D eigenvalue weighted by Crippen LogP contribution is 2.49.